The lowest BCUT2D eigenvalue weighted by molar-refractivity contribution is -0.133. The Morgan fingerprint density at radius 1 is 1.22 bits per heavy atom. The highest BCUT2D eigenvalue weighted by atomic mass is 32.1. The molecule has 1 aromatic heterocycles. The van der Waals surface area contributed by atoms with Gasteiger partial charge in [0.2, 0.25) is 5.91 Å². The highest BCUT2D eigenvalue weighted by molar-refractivity contribution is 7.10. The van der Waals surface area contributed by atoms with Gasteiger partial charge in [0.1, 0.15) is 6.54 Å². The van der Waals surface area contributed by atoms with E-state index in [1.807, 2.05) is 5.38 Å². The van der Waals surface area contributed by atoms with Crippen LogP contribution in [0.4, 0.5) is 10.5 Å². The van der Waals surface area contributed by atoms with E-state index in [0.29, 0.717) is 16.1 Å². The maximum atomic E-state index is 12.7. The van der Waals surface area contributed by atoms with Crippen LogP contribution in [0.1, 0.15) is 22.2 Å². The van der Waals surface area contributed by atoms with E-state index < -0.39 is 35.9 Å². The monoisotopic (exact) mass is 387 g/mol. The molecule has 0 spiro atoms. The molecule has 0 radical (unpaired) electrons. The summed E-state index contributed by atoms with van der Waals surface area (Å²) in [5.41, 5.74) is -0.398. The van der Waals surface area contributed by atoms with Crippen molar-refractivity contribution in [3.63, 3.8) is 0 Å². The van der Waals surface area contributed by atoms with Gasteiger partial charge in [-0.05, 0) is 42.6 Å². The van der Waals surface area contributed by atoms with E-state index >= 15 is 0 Å². The third kappa shape index (κ3) is 3.54. The Bertz CT molecular complexity index is 894. The number of nitrogens with one attached hydrogen (secondary N) is 2. The second-order valence-corrected chi connectivity index (χ2v) is 6.99. The van der Waals surface area contributed by atoms with Crippen molar-refractivity contribution >= 4 is 40.8 Å². The molecule has 0 aliphatic carbocycles. The molecule has 2 aromatic rings. The average molecular weight is 387 g/mol. The van der Waals surface area contributed by atoms with Crippen molar-refractivity contribution in [2.24, 2.45) is 0 Å². The zero-order valence-corrected chi connectivity index (χ0v) is 15.5. The summed E-state index contributed by atoms with van der Waals surface area (Å²) in [7, 11) is 1.28. The first-order valence-electron chi connectivity index (χ1n) is 8.01. The number of hydrogen-bond acceptors (Lipinski definition) is 6. The highest BCUT2D eigenvalue weighted by Crippen LogP contribution is 2.31. The summed E-state index contributed by atoms with van der Waals surface area (Å²) < 4.78 is 4.61. The summed E-state index contributed by atoms with van der Waals surface area (Å²) in [6.45, 7) is 1.20. The molecule has 140 valence electrons. The molecule has 1 aliphatic heterocycles. The van der Waals surface area contributed by atoms with E-state index in [0.717, 1.165) is 4.90 Å². The Balaban J connectivity index is 1.66. The van der Waals surface area contributed by atoms with Gasteiger partial charge in [0.05, 0.1) is 12.7 Å². The van der Waals surface area contributed by atoms with Gasteiger partial charge in [0.25, 0.3) is 5.91 Å². The molecule has 1 atom stereocenters. The number of nitrogens with zero attached hydrogens (tertiary/aromatic N) is 1. The zero-order chi connectivity index (χ0) is 19.6. The number of rotatable bonds is 5. The first-order chi connectivity index (χ1) is 12.8. The second-order valence-electron chi connectivity index (χ2n) is 6.04. The maximum absolute atomic E-state index is 12.7. The van der Waals surface area contributed by atoms with Crippen LogP contribution in [-0.4, -0.2) is 42.4 Å². The number of imide groups is 1. The molecule has 1 saturated heterocycles. The molecule has 4 amide bonds. The van der Waals surface area contributed by atoms with Crippen molar-refractivity contribution in [2.45, 2.75) is 12.5 Å². The Morgan fingerprint density at radius 2 is 1.93 bits per heavy atom. The number of urea groups is 1. The third-order valence-electron chi connectivity index (χ3n) is 4.18. The third-order valence-corrected chi connectivity index (χ3v) is 5.27. The summed E-state index contributed by atoms with van der Waals surface area (Å²) >= 11 is 1.35. The number of methoxy groups -OCH3 is 1. The first kappa shape index (κ1) is 18.6. The van der Waals surface area contributed by atoms with Crippen molar-refractivity contribution in [1.29, 1.82) is 0 Å². The SMILES string of the molecule is COC(=O)c1ccc(NC(=O)CN2C(=O)NC(C)(c3cccs3)C2=O)cc1. The van der Waals surface area contributed by atoms with E-state index in [1.165, 1.54) is 42.7 Å². The Kier molecular flexibility index (Phi) is 4.95. The number of anilines is 1. The Labute approximate surface area is 159 Å². The summed E-state index contributed by atoms with van der Waals surface area (Å²) in [4.78, 5) is 50.1. The van der Waals surface area contributed by atoms with Crippen molar-refractivity contribution < 1.29 is 23.9 Å². The van der Waals surface area contributed by atoms with Gasteiger partial charge in [-0.3, -0.25) is 14.5 Å². The minimum Gasteiger partial charge on any atom is -0.465 e. The number of carbonyl (C=O) groups is 4. The van der Waals surface area contributed by atoms with Crippen molar-refractivity contribution in [3.8, 4) is 0 Å². The van der Waals surface area contributed by atoms with E-state index in [2.05, 4.69) is 15.4 Å². The van der Waals surface area contributed by atoms with Gasteiger partial charge < -0.3 is 15.4 Å². The molecule has 1 fully saturated rings. The Hall–Kier alpha value is -3.20. The molecule has 2 heterocycles. The number of amides is 4. The predicted octanol–water partition coefficient (Wildman–Crippen LogP) is 1.94. The topological polar surface area (TPSA) is 105 Å². The summed E-state index contributed by atoms with van der Waals surface area (Å²) in [6, 6.07) is 9.00. The molecule has 1 unspecified atom stereocenters. The van der Waals surface area contributed by atoms with E-state index in [-0.39, 0.29) is 0 Å². The summed E-state index contributed by atoms with van der Waals surface area (Å²) in [5, 5.41) is 7.05. The van der Waals surface area contributed by atoms with Crippen LogP contribution in [-0.2, 0) is 19.9 Å². The molecule has 8 nitrogen and oxygen atoms in total. The van der Waals surface area contributed by atoms with Crippen molar-refractivity contribution in [3.05, 3.63) is 52.2 Å². The molecule has 3 rings (SSSR count). The molecule has 1 aliphatic rings. The lowest BCUT2D eigenvalue weighted by Gasteiger charge is -2.20. The number of esters is 1. The second kappa shape index (κ2) is 7.20. The highest BCUT2D eigenvalue weighted by Gasteiger charge is 2.50. The number of hydrogen-bond donors (Lipinski definition) is 2. The molecule has 0 saturated carbocycles. The molecule has 1 aromatic carbocycles. The number of ether oxygens (including phenoxy) is 1. The lowest BCUT2D eigenvalue weighted by Crippen LogP contribution is -2.41. The molecular weight excluding hydrogens is 370 g/mol. The minimum atomic E-state index is -1.17. The van der Waals surface area contributed by atoms with Crippen LogP contribution >= 0.6 is 11.3 Å². The average Bonchev–Trinajstić information content (AvgIpc) is 3.26. The van der Waals surface area contributed by atoms with Crippen LogP contribution in [0.25, 0.3) is 0 Å². The van der Waals surface area contributed by atoms with Gasteiger partial charge in [0.15, 0.2) is 5.54 Å². The largest absolute Gasteiger partial charge is 0.465 e. The van der Waals surface area contributed by atoms with Gasteiger partial charge in [-0.2, -0.15) is 0 Å². The quantitative estimate of drug-likeness (QED) is 0.603. The normalized spacial score (nSPS) is 19.0. The molecular formula is C18H17N3O5S. The van der Waals surface area contributed by atoms with Gasteiger partial charge in [-0.15, -0.1) is 11.3 Å². The first-order valence-corrected chi connectivity index (χ1v) is 8.89. The van der Waals surface area contributed by atoms with Crippen LogP contribution < -0.4 is 10.6 Å². The van der Waals surface area contributed by atoms with E-state index in [4.69, 9.17) is 0 Å². The van der Waals surface area contributed by atoms with Crippen LogP contribution in [0, 0.1) is 0 Å². The number of benzene rings is 1. The summed E-state index contributed by atoms with van der Waals surface area (Å²) in [5.74, 6) is -1.49. The van der Waals surface area contributed by atoms with E-state index in [1.54, 1.807) is 19.1 Å². The fraction of sp³-hybridized carbons (Fsp3) is 0.222. The molecule has 0 bridgehead atoms. The minimum absolute atomic E-state index is 0.344. The fourth-order valence-electron chi connectivity index (χ4n) is 2.72. The Morgan fingerprint density at radius 3 is 2.52 bits per heavy atom. The van der Waals surface area contributed by atoms with E-state index in [9.17, 15) is 19.2 Å². The van der Waals surface area contributed by atoms with Gasteiger partial charge in [-0.1, -0.05) is 6.07 Å². The van der Waals surface area contributed by atoms with Gasteiger partial charge >= 0.3 is 12.0 Å². The van der Waals surface area contributed by atoms with Gasteiger partial charge in [0, 0.05) is 10.6 Å². The maximum Gasteiger partial charge on any atom is 0.337 e. The standard InChI is InChI=1S/C18H17N3O5S/c1-18(13-4-3-9-27-13)16(24)21(17(25)20-18)10-14(22)19-12-7-5-11(6-8-12)15(23)26-2/h3-9H,10H2,1-2H3,(H,19,22)(H,20,25). The van der Waals surface area contributed by atoms with Crippen LogP contribution in [0.2, 0.25) is 0 Å². The van der Waals surface area contributed by atoms with Crippen LogP contribution in [0.5, 0.6) is 0 Å². The molecule has 27 heavy (non-hydrogen) atoms. The lowest BCUT2D eigenvalue weighted by atomic mass is 10.0. The number of carbonyl (C=O) groups excluding carboxylic acids is 4. The number of thiophene rings is 1. The van der Waals surface area contributed by atoms with Gasteiger partial charge in [-0.25, -0.2) is 9.59 Å². The van der Waals surface area contributed by atoms with Crippen molar-refractivity contribution in [1.82, 2.24) is 10.2 Å². The predicted molar refractivity (Wildman–Crippen MR) is 98.3 cm³/mol. The zero-order valence-electron chi connectivity index (χ0n) is 14.6. The summed E-state index contributed by atoms with van der Waals surface area (Å²) in [6.07, 6.45) is 0. The van der Waals surface area contributed by atoms with Crippen LogP contribution in [0.3, 0.4) is 0 Å². The smallest absolute Gasteiger partial charge is 0.337 e. The molecule has 2 N–H and O–H groups in total. The molecule has 9 heteroatoms. The van der Waals surface area contributed by atoms with Crippen LogP contribution in [0.15, 0.2) is 41.8 Å². The van der Waals surface area contributed by atoms with Crippen molar-refractivity contribution in [2.75, 3.05) is 19.0 Å². The fourth-order valence-corrected chi connectivity index (χ4v) is 3.56.